The molecule has 0 saturated heterocycles. The maximum absolute atomic E-state index is 12.7. The molecular weight excluding hydrogens is 284 g/mol. The van der Waals surface area contributed by atoms with Crippen LogP contribution in [-0.2, 0) is 16.6 Å². The Morgan fingerprint density at radius 2 is 1.76 bits per heavy atom. The van der Waals surface area contributed by atoms with Gasteiger partial charge in [0.1, 0.15) is 0 Å². The fraction of sp³-hybridized carbons (Fsp3) is 0.625. The third-order valence-electron chi connectivity index (χ3n) is 4.14. The zero-order chi connectivity index (χ0) is 15.1. The van der Waals surface area contributed by atoms with Crippen LogP contribution in [0.1, 0.15) is 37.7 Å². The van der Waals surface area contributed by atoms with Crippen molar-refractivity contribution in [1.82, 2.24) is 4.31 Å². The molecule has 0 amide bonds. The van der Waals surface area contributed by atoms with Crippen molar-refractivity contribution in [3.8, 4) is 0 Å². The van der Waals surface area contributed by atoms with E-state index in [9.17, 15) is 8.42 Å². The summed E-state index contributed by atoms with van der Waals surface area (Å²) in [5.41, 5.74) is 6.62. The van der Waals surface area contributed by atoms with Crippen molar-refractivity contribution in [3.05, 3.63) is 35.9 Å². The zero-order valence-electron chi connectivity index (χ0n) is 12.6. The van der Waals surface area contributed by atoms with Crippen molar-refractivity contribution in [2.45, 2.75) is 38.6 Å². The van der Waals surface area contributed by atoms with E-state index in [1.165, 1.54) is 6.42 Å². The van der Waals surface area contributed by atoms with Crippen LogP contribution in [0.25, 0.3) is 0 Å². The first kappa shape index (κ1) is 16.5. The van der Waals surface area contributed by atoms with Crippen LogP contribution in [0.15, 0.2) is 30.3 Å². The highest BCUT2D eigenvalue weighted by molar-refractivity contribution is 7.89. The Hall–Kier alpha value is -0.910. The molecule has 0 atom stereocenters. The molecule has 2 N–H and O–H groups in total. The molecule has 2 rings (SSSR count). The van der Waals surface area contributed by atoms with Crippen LogP contribution < -0.4 is 5.73 Å². The SMILES string of the molecule is NCCN(Cc1ccccc1)S(=O)(=O)CC1CCCCC1. The second-order valence-corrected chi connectivity index (χ2v) is 7.90. The topological polar surface area (TPSA) is 63.4 Å². The molecular formula is C16H26N2O2S. The maximum Gasteiger partial charge on any atom is 0.214 e. The van der Waals surface area contributed by atoms with E-state index in [0.717, 1.165) is 31.2 Å². The first-order valence-corrected chi connectivity index (χ1v) is 9.44. The zero-order valence-corrected chi connectivity index (χ0v) is 13.4. The van der Waals surface area contributed by atoms with Crippen LogP contribution >= 0.6 is 0 Å². The Morgan fingerprint density at radius 1 is 1.10 bits per heavy atom. The van der Waals surface area contributed by atoms with Gasteiger partial charge in [-0.2, -0.15) is 4.31 Å². The lowest BCUT2D eigenvalue weighted by atomic mass is 9.91. The van der Waals surface area contributed by atoms with Gasteiger partial charge in [-0.3, -0.25) is 0 Å². The Kier molecular flexibility index (Phi) is 6.21. The van der Waals surface area contributed by atoms with Crippen LogP contribution in [0.4, 0.5) is 0 Å². The van der Waals surface area contributed by atoms with Gasteiger partial charge < -0.3 is 5.73 Å². The first-order chi connectivity index (χ1) is 10.1. The van der Waals surface area contributed by atoms with Crippen molar-refractivity contribution >= 4 is 10.0 Å². The molecule has 5 heteroatoms. The van der Waals surface area contributed by atoms with Crippen LogP contribution in [-0.4, -0.2) is 31.6 Å². The number of hydrogen-bond acceptors (Lipinski definition) is 3. The Labute approximate surface area is 128 Å². The molecule has 1 aliphatic rings. The van der Waals surface area contributed by atoms with E-state index in [-0.39, 0.29) is 5.75 Å². The Bertz CT molecular complexity index is 510. The fourth-order valence-corrected chi connectivity index (χ4v) is 4.87. The lowest BCUT2D eigenvalue weighted by Crippen LogP contribution is -2.38. The standard InChI is InChI=1S/C16H26N2O2S/c17-11-12-18(13-15-7-3-1-4-8-15)21(19,20)14-16-9-5-2-6-10-16/h1,3-4,7-8,16H,2,5-6,9-14,17H2. The van der Waals surface area contributed by atoms with E-state index in [0.29, 0.717) is 25.6 Å². The molecule has 0 unspecified atom stereocenters. The van der Waals surface area contributed by atoms with Crippen molar-refractivity contribution < 1.29 is 8.42 Å². The molecule has 0 radical (unpaired) electrons. The molecule has 118 valence electrons. The Morgan fingerprint density at radius 3 is 2.38 bits per heavy atom. The monoisotopic (exact) mass is 310 g/mol. The summed E-state index contributed by atoms with van der Waals surface area (Å²) in [5, 5.41) is 0. The molecule has 1 aromatic carbocycles. The van der Waals surface area contributed by atoms with Gasteiger partial charge >= 0.3 is 0 Å². The van der Waals surface area contributed by atoms with Crippen LogP contribution in [0.3, 0.4) is 0 Å². The number of hydrogen-bond donors (Lipinski definition) is 1. The van der Waals surface area contributed by atoms with Gasteiger partial charge in [-0.05, 0) is 24.3 Å². The molecule has 21 heavy (non-hydrogen) atoms. The average Bonchev–Trinajstić information content (AvgIpc) is 2.48. The summed E-state index contributed by atoms with van der Waals surface area (Å²) >= 11 is 0. The predicted octanol–water partition coefficient (Wildman–Crippen LogP) is 2.36. The van der Waals surface area contributed by atoms with E-state index < -0.39 is 10.0 Å². The third kappa shape index (κ3) is 5.09. The van der Waals surface area contributed by atoms with Crippen LogP contribution in [0.5, 0.6) is 0 Å². The van der Waals surface area contributed by atoms with Gasteiger partial charge in [-0.25, -0.2) is 8.42 Å². The van der Waals surface area contributed by atoms with Gasteiger partial charge in [0.05, 0.1) is 5.75 Å². The molecule has 0 heterocycles. The van der Waals surface area contributed by atoms with Gasteiger partial charge in [-0.15, -0.1) is 0 Å². The maximum atomic E-state index is 12.7. The molecule has 1 fully saturated rings. The average molecular weight is 310 g/mol. The summed E-state index contributed by atoms with van der Waals surface area (Å²) < 4.78 is 26.9. The highest BCUT2D eigenvalue weighted by Gasteiger charge is 2.26. The normalized spacial score (nSPS) is 17.2. The quantitative estimate of drug-likeness (QED) is 0.841. The first-order valence-electron chi connectivity index (χ1n) is 7.83. The second kappa shape index (κ2) is 7.92. The van der Waals surface area contributed by atoms with Crippen LogP contribution in [0, 0.1) is 5.92 Å². The summed E-state index contributed by atoms with van der Waals surface area (Å²) in [7, 11) is -3.23. The van der Waals surface area contributed by atoms with E-state index >= 15 is 0 Å². The molecule has 0 spiro atoms. The fourth-order valence-electron chi connectivity index (χ4n) is 3.00. The van der Waals surface area contributed by atoms with Gasteiger partial charge in [0.25, 0.3) is 0 Å². The lowest BCUT2D eigenvalue weighted by Gasteiger charge is -2.26. The Balaban J connectivity index is 2.04. The molecule has 0 aromatic heterocycles. The van der Waals surface area contributed by atoms with Crippen molar-refractivity contribution in [1.29, 1.82) is 0 Å². The van der Waals surface area contributed by atoms with Crippen molar-refractivity contribution in [3.63, 3.8) is 0 Å². The minimum Gasteiger partial charge on any atom is -0.329 e. The number of rotatable bonds is 7. The van der Waals surface area contributed by atoms with Gasteiger partial charge in [0, 0.05) is 19.6 Å². The number of sulfonamides is 1. The number of nitrogens with zero attached hydrogens (tertiary/aromatic N) is 1. The highest BCUT2D eigenvalue weighted by atomic mass is 32.2. The molecule has 1 aliphatic carbocycles. The summed E-state index contributed by atoms with van der Waals surface area (Å²) in [6.45, 7) is 1.17. The van der Waals surface area contributed by atoms with Gasteiger partial charge in [-0.1, -0.05) is 49.6 Å². The minimum absolute atomic E-state index is 0.278. The lowest BCUT2D eigenvalue weighted by molar-refractivity contribution is 0.365. The molecule has 1 aromatic rings. The van der Waals surface area contributed by atoms with Crippen LogP contribution in [0.2, 0.25) is 0 Å². The number of nitrogens with two attached hydrogens (primary N) is 1. The molecule has 0 aliphatic heterocycles. The summed E-state index contributed by atoms with van der Waals surface area (Å²) in [6.07, 6.45) is 5.65. The summed E-state index contributed by atoms with van der Waals surface area (Å²) in [5.74, 6) is 0.597. The highest BCUT2D eigenvalue weighted by Crippen LogP contribution is 2.26. The van der Waals surface area contributed by atoms with E-state index in [1.807, 2.05) is 30.3 Å². The largest absolute Gasteiger partial charge is 0.329 e. The van der Waals surface area contributed by atoms with Gasteiger partial charge in [0.2, 0.25) is 10.0 Å². The van der Waals surface area contributed by atoms with E-state index in [1.54, 1.807) is 4.31 Å². The summed E-state index contributed by atoms with van der Waals surface area (Å²) in [6, 6.07) is 9.72. The van der Waals surface area contributed by atoms with E-state index in [2.05, 4.69) is 0 Å². The number of benzene rings is 1. The van der Waals surface area contributed by atoms with E-state index in [4.69, 9.17) is 5.73 Å². The smallest absolute Gasteiger partial charge is 0.214 e. The summed E-state index contributed by atoms with van der Waals surface area (Å²) in [4.78, 5) is 0. The molecule has 0 bridgehead atoms. The molecule has 1 saturated carbocycles. The van der Waals surface area contributed by atoms with Crippen molar-refractivity contribution in [2.24, 2.45) is 11.7 Å². The second-order valence-electron chi connectivity index (χ2n) is 5.89. The molecule has 4 nitrogen and oxygen atoms in total. The van der Waals surface area contributed by atoms with Crippen molar-refractivity contribution in [2.75, 3.05) is 18.8 Å². The predicted molar refractivity (Wildman–Crippen MR) is 86.3 cm³/mol. The van der Waals surface area contributed by atoms with Gasteiger partial charge in [0.15, 0.2) is 0 Å². The minimum atomic E-state index is -3.23. The third-order valence-corrected chi connectivity index (χ3v) is 6.14.